The highest BCUT2D eigenvalue weighted by Gasteiger charge is 2.53. The van der Waals surface area contributed by atoms with Crippen molar-refractivity contribution in [1.29, 1.82) is 0 Å². The van der Waals surface area contributed by atoms with Crippen molar-refractivity contribution in [2.24, 2.45) is 0 Å². The molecule has 1 amide bonds. The van der Waals surface area contributed by atoms with Gasteiger partial charge in [0.1, 0.15) is 79.4 Å². The average Bonchev–Trinajstić information content (AvgIpc) is 3.07. The largest absolute Gasteiger partial charge is 0.394 e. The molecule has 0 saturated carbocycles. The Morgan fingerprint density at radius 3 is 1.85 bits per heavy atom. The summed E-state index contributed by atoms with van der Waals surface area (Å²) in [5.41, 5.74) is 0.0182. The Morgan fingerprint density at radius 1 is 0.750 bits per heavy atom. The molecule has 0 bridgehead atoms. The molecule has 3 aliphatic heterocycles. The topological polar surface area (TPSA) is 330 Å². The van der Waals surface area contributed by atoms with Crippen molar-refractivity contribution in [3.8, 4) is 0 Å². The molecule has 0 aromatic carbocycles. The summed E-state index contributed by atoms with van der Waals surface area (Å²) >= 11 is 2.93. The van der Waals surface area contributed by atoms with Gasteiger partial charge in [0.05, 0.1) is 43.3 Å². The minimum atomic E-state index is -1.95. The fourth-order valence-corrected chi connectivity index (χ4v) is 6.31. The van der Waals surface area contributed by atoms with Gasteiger partial charge in [0.15, 0.2) is 18.8 Å². The number of nitrogens with one attached hydrogen (secondary N) is 2. The normalized spacial score (nSPS) is 48.5. The van der Waals surface area contributed by atoms with Crippen LogP contribution >= 0.6 is 15.9 Å². The highest BCUT2D eigenvalue weighted by Crippen LogP contribution is 2.33. The molecule has 0 aromatic rings. The van der Waals surface area contributed by atoms with E-state index >= 15 is 0 Å². The zero-order valence-corrected chi connectivity index (χ0v) is 27.2. The summed E-state index contributed by atoms with van der Waals surface area (Å²) in [5, 5.41) is 130. The number of ether oxygens (including phenoxy) is 5. The molecular formula is C27H45BrN2O18. The smallest absolute Gasteiger partial charge is 0.232 e. The molecule has 19 unspecified atom stereocenters. The van der Waals surface area contributed by atoms with E-state index in [1.54, 1.807) is 0 Å². The lowest BCUT2D eigenvalue weighted by molar-refractivity contribution is -0.368. The third kappa shape index (κ3) is 8.20. The van der Waals surface area contributed by atoms with Crippen LogP contribution in [0.2, 0.25) is 0 Å². The van der Waals surface area contributed by atoms with Crippen molar-refractivity contribution in [2.75, 3.05) is 25.2 Å². The molecule has 3 heterocycles. The zero-order valence-electron chi connectivity index (χ0n) is 25.6. The predicted molar refractivity (Wildman–Crippen MR) is 157 cm³/mol. The van der Waals surface area contributed by atoms with Gasteiger partial charge in [-0.2, -0.15) is 0 Å². The van der Waals surface area contributed by atoms with Crippen molar-refractivity contribution in [1.82, 2.24) is 10.6 Å². The van der Waals surface area contributed by atoms with Crippen molar-refractivity contribution in [3.63, 3.8) is 0 Å². The Kier molecular flexibility index (Phi) is 14.1. The maximum absolute atomic E-state index is 11.7. The number of rotatable bonds is 11. The predicted octanol–water partition coefficient (Wildman–Crippen LogP) is -8.05. The van der Waals surface area contributed by atoms with Crippen molar-refractivity contribution < 1.29 is 89.8 Å². The van der Waals surface area contributed by atoms with Crippen LogP contribution in [0.25, 0.3) is 0 Å². The highest BCUT2D eigenvalue weighted by molar-refractivity contribution is 9.09. The fourth-order valence-electron chi connectivity index (χ4n) is 6.15. The molecule has 4 aliphatic rings. The van der Waals surface area contributed by atoms with Crippen molar-refractivity contribution in [2.45, 2.75) is 123 Å². The maximum atomic E-state index is 11.7. The van der Waals surface area contributed by atoms with Gasteiger partial charge in [-0.3, -0.25) is 4.79 Å². The number of aliphatic hydroxyl groups is 12. The molecule has 19 atom stereocenters. The van der Waals surface area contributed by atoms with E-state index < -0.39 is 142 Å². The minimum absolute atomic E-state index is 0.0182. The quantitative estimate of drug-likeness (QED) is 0.0686. The van der Waals surface area contributed by atoms with Gasteiger partial charge in [0.2, 0.25) is 5.91 Å². The highest BCUT2D eigenvalue weighted by atomic mass is 79.9. The lowest BCUT2D eigenvalue weighted by Crippen LogP contribution is -2.69. The van der Waals surface area contributed by atoms with Crippen LogP contribution in [-0.4, -0.2) is 209 Å². The van der Waals surface area contributed by atoms with Gasteiger partial charge >= 0.3 is 0 Å². The van der Waals surface area contributed by atoms with E-state index in [9.17, 15) is 66.1 Å². The molecule has 14 N–H and O–H groups in total. The monoisotopic (exact) mass is 764 g/mol. The van der Waals surface area contributed by atoms with Crippen molar-refractivity contribution in [3.05, 3.63) is 11.6 Å². The minimum Gasteiger partial charge on any atom is -0.394 e. The summed E-state index contributed by atoms with van der Waals surface area (Å²) in [6, 6.07) is -2.19. The first-order chi connectivity index (χ1) is 22.7. The lowest BCUT2D eigenvalue weighted by atomic mass is 9.86. The molecule has 0 aromatic heterocycles. The Labute approximate surface area is 282 Å². The van der Waals surface area contributed by atoms with Crippen LogP contribution in [0.4, 0.5) is 0 Å². The molecular weight excluding hydrogens is 720 g/mol. The second-order valence-corrected chi connectivity index (χ2v) is 12.7. The first kappa shape index (κ1) is 39.8. The second-order valence-electron chi connectivity index (χ2n) is 12.1. The van der Waals surface area contributed by atoms with Crippen LogP contribution in [0, 0.1) is 0 Å². The van der Waals surface area contributed by atoms with E-state index in [1.807, 2.05) is 0 Å². The summed E-state index contributed by atoms with van der Waals surface area (Å²) in [6.07, 6.45) is -26.2. The molecule has 1 aliphatic carbocycles. The standard InChI is InChI=1S/C27H45BrN2O18/c1-7-13(29-9-2-8(4-31)14(35)17(38)15(9)36)16(37)21(42)26(44-7)47-24-11(6-33)46-27(22(43)19(24)40)48-23-10(5-32)45-25(20(41)18(23)39)30-12(34)3-28/h2,7,9-11,13-27,29,31-33,35-43H,3-6H2,1H3,(H,30,34). The summed E-state index contributed by atoms with van der Waals surface area (Å²) in [6.45, 7) is -0.768. The van der Waals surface area contributed by atoms with E-state index in [-0.39, 0.29) is 10.9 Å². The van der Waals surface area contributed by atoms with Gasteiger partial charge < -0.3 is 95.6 Å². The summed E-state index contributed by atoms with van der Waals surface area (Å²) in [7, 11) is 0. The molecule has 3 saturated heterocycles. The summed E-state index contributed by atoms with van der Waals surface area (Å²) in [5.74, 6) is -0.591. The molecule has 20 nitrogen and oxygen atoms in total. The van der Waals surface area contributed by atoms with Gasteiger partial charge in [0, 0.05) is 0 Å². The van der Waals surface area contributed by atoms with Gasteiger partial charge in [-0.1, -0.05) is 22.0 Å². The number of alkyl halides is 1. The Bertz CT molecular complexity index is 1090. The van der Waals surface area contributed by atoms with Gasteiger partial charge in [0.25, 0.3) is 0 Å². The van der Waals surface area contributed by atoms with E-state index in [4.69, 9.17) is 23.7 Å². The summed E-state index contributed by atoms with van der Waals surface area (Å²) < 4.78 is 28.1. The number of hydrogen-bond donors (Lipinski definition) is 14. The molecule has 4 rings (SSSR count). The van der Waals surface area contributed by atoms with Gasteiger partial charge in [-0.15, -0.1) is 0 Å². The van der Waals surface area contributed by atoms with E-state index in [0.717, 1.165) is 0 Å². The first-order valence-corrected chi connectivity index (χ1v) is 16.4. The van der Waals surface area contributed by atoms with Gasteiger partial charge in [-0.05, 0) is 12.5 Å². The van der Waals surface area contributed by atoms with Crippen LogP contribution in [-0.2, 0) is 28.5 Å². The number of aliphatic hydroxyl groups excluding tert-OH is 12. The Morgan fingerprint density at radius 2 is 1.29 bits per heavy atom. The molecule has 0 spiro atoms. The zero-order chi connectivity index (χ0) is 35.6. The number of amides is 1. The van der Waals surface area contributed by atoms with Crippen LogP contribution in [0.15, 0.2) is 11.6 Å². The van der Waals surface area contributed by atoms with Crippen LogP contribution in [0.3, 0.4) is 0 Å². The SMILES string of the molecule is CC1OC(OC2C(CO)OC(OC3C(CO)OC(NC(=O)CBr)C(O)C3O)C(O)C2O)C(O)C(O)C1NC1C=C(CO)C(O)C(O)C1O. The van der Waals surface area contributed by atoms with Crippen molar-refractivity contribution >= 4 is 21.8 Å². The number of hydrogen-bond acceptors (Lipinski definition) is 19. The van der Waals surface area contributed by atoms with E-state index in [1.165, 1.54) is 13.0 Å². The average molecular weight is 766 g/mol. The molecule has 21 heteroatoms. The Hall–Kier alpha value is -1.03. The van der Waals surface area contributed by atoms with Gasteiger partial charge in [-0.25, -0.2) is 0 Å². The summed E-state index contributed by atoms with van der Waals surface area (Å²) in [4.78, 5) is 11.7. The molecule has 0 radical (unpaired) electrons. The third-order valence-corrected chi connectivity index (χ3v) is 9.44. The lowest BCUT2D eigenvalue weighted by Gasteiger charge is -2.49. The van der Waals surface area contributed by atoms with Crippen LogP contribution in [0.5, 0.6) is 0 Å². The maximum Gasteiger partial charge on any atom is 0.232 e. The fraction of sp³-hybridized carbons (Fsp3) is 0.889. The third-order valence-electron chi connectivity index (χ3n) is 8.93. The number of carbonyl (C=O) groups excluding carboxylic acids is 1. The Balaban J connectivity index is 1.41. The molecule has 3 fully saturated rings. The molecule has 278 valence electrons. The van der Waals surface area contributed by atoms with Crippen LogP contribution in [0.1, 0.15) is 6.92 Å². The molecule has 48 heavy (non-hydrogen) atoms. The van der Waals surface area contributed by atoms with E-state index in [2.05, 4.69) is 26.6 Å². The van der Waals surface area contributed by atoms with E-state index in [0.29, 0.717) is 0 Å². The first-order valence-electron chi connectivity index (χ1n) is 15.2. The number of carbonyl (C=O) groups is 1. The second kappa shape index (κ2) is 17.0. The van der Waals surface area contributed by atoms with Crippen LogP contribution < -0.4 is 10.6 Å². The number of halogens is 1.